The first kappa shape index (κ1) is 18.6. The Hall–Kier alpha value is -0.720. The van der Waals surface area contributed by atoms with Crippen LogP contribution in [0.25, 0.3) is 0 Å². The molecular formula is C17H25ClFNO3. The number of halogens is 2. The molecule has 1 aliphatic heterocycles. The second kappa shape index (κ2) is 8.40. The van der Waals surface area contributed by atoms with Crippen LogP contribution in [-0.2, 0) is 15.0 Å². The highest BCUT2D eigenvalue weighted by Crippen LogP contribution is 2.28. The third-order valence-electron chi connectivity index (χ3n) is 4.08. The van der Waals surface area contributed by atoms with Crippen LogP contribution in [0.3, 0.4) is 0 Å². The molecule has 0 aromatic heterocycles. The fraction of sp³-hybridized carbons (Fsp3) is 0.647. The standard InChI is InChI=1S/C17H25ClFNO3/c1-17(2,15-4-3-12(19)9-16(15)18)20-10-13(21)11-23-14-5-7-22-8-6-14/h3-4,9,13-14,20-21H,5-8,10-11H2,1-2H3. The van der Waals surface area contributed by atoms with Crippen LogP contribution in [0.2, 0.25) is 5.02 Å². The third kappa shape index (κ3) is 5.69. The van der Waals surface area contributed by atoms with E-state index in [-0.39, 0.29) is 18.5 Å². The van der Waals surface area contributed by atoms with Crippen molar-refractivity contribution in [3.8, 4) is 0 Å². The van der Waals surface area contributed by atoms with E-state index in [2.05, 4.69) is 5.32 Å². The highest BCUT2D eigenvalue weighted by Gasteiger charge is 2.24. The largest absolute Gasteiger partial charge is 0.389 e. The van der Waals surface area contributed by atoms with E-state index in [1.807, 2.05) is 13.8 Å². The summed E-state index contributed by atoms with van der Waals surface area (Å²) < 4.78 is 24.1. The Morgan fingerprint density at radius 3 is 2.78 bits per heavy atom. The lowest BCUT2D eigenvalue weighted by Crippen LogP contribution is -2.43. The molecule has 130 valence electrons. The van der Waals surface area contributed by atoms with Gasteiger partial charge in [-0.2, -0.15) is 0 Å². The molecule has 2 N–H and O–H groups in total. The van der Waals surface area contributed by atoms with Gasteiger partial charge in [0, 0.05) is 30.3 Å². The van der Waals surface area contributed by atoms with Crippen LogP contribution >= 0.6 is 11.6 Å². The van der Waals surface area contributed by atoms with Gasteiger partial charge in [-0.1, -0.05) is 17.7 Å². The summed E-state index contributed by atoms with van der Waals surface area (Å²) in [6.45, 7) is 5.97. The van der Waals surface area contributed by atoms with Crippen molar-refractivity contribution in [1.82, 2.24) is 5.32 Å². The molecule has 0 bridgehead atoms. The molecule has 0 spiro atoms. The monoisotopic (exact) mass is 345 g/mol. The van der Waals surface area contributed by atoms with Gasteiger partial charge in [-0.05, 0) is 44.4 Å². The summed E-state index contributed by atoms with van der Waals surface area (Å²) in [7, 11) is 0. The van der Waals surface area contributed by atoms with E-state index < -0.39 is 11.6 Å². The molecule has 1 fully saturated rings. The Kier molecular flexibility index (Phi) is 6.80. The SMILES string of the molecule is CC(C)(NCC(O)COC1CCOCC1)c1ccc(F)cc1Cl. The van der Waals surface area contributed by atoms with Gasteiger partial charge < -0.3 is 19.9 Å². The average molecular weight is 346 g/mol. The summed E-state index contributed by atoms with van der Waals surface area (Å²) in [5.41, 5.74) is 0.308. The van der Waals surface area contributed by atoms with Gasteiger partial charge in [-0.25, -0.2) is 4.39 Å². The lowest BCUT2D eigenvalue weighted by molar-refractivity contribution is -0.0593. The Bertz CT molecular complexity index is 507. The molecule has 1 saturated heterocycles. The summed E-state index contributed by atoms with van der Waals surface area (Å²) in [6, 6.07) is 4.34. The molecule has 4 nitrogen and oxygen atoms in total. The number of ether oxygens (including phenoxy) is 2. The normalized spacial score (nSPS) is 18.1. The Morgan fingerprint density at radius 1 is 1.43 bits per heavy atom. The maximum Gasteiger partial charge on any atom is 0.124 e. The van der Waals surface area contributed by atoms with Gasteiger partial charge in [0.1, 0.15) is 5.82 Å². The van der Waals surface area contributed by atoms with Crippen molar-refractivity contribution in [2.45, 2.75) is 44.4 Å². The van der Waals surface area contributed by atoms with Crippen molar-refractivity contribution in [3.63, 3.8) is 0 Å². The molecule has 0 amide bonds. The van der Waals surface area contributed by atoms with E-state index in [0.717, 1.165) is 31.6 Å². The number of rotatable bonds is 7. The van der Waals surface area contributed by atoms with E-state index in [9.17, 15) is 9.50 Å². The van der Waals surface area contributed by atoms with E-state index in [0.29, 0.717) is 11.6 Å². The minimum Gasteiger partial charge on any atom is -0.389 e. The number of aliphatic hydroxyl groups is 1. The highest BCUT2D eigenvalue weighted by molar-refractivity contribution is 6.31. The van der Waals surface area contributed by atoms with Crippen molar-refractivity contribution in [2.24, 2.45) is 0 Å². The lowest BCUT2D eigenvalue weighted by Gasteiger charge is -2.30. The second-order valence-corrected chi connectivity index (χ2v) is 6.84. The van der Waals surface area contributed by atoms with Crippen molar-refractivity contribution >= 4 is 11.6 Å². The third-order valence-corrected chi connectivity index (χ3v) is 4.39. The zero-order chi connectivity index (χ0) is 16.9. The van der Waals surface area contributed by atoms with Crippen LogP contribution in [0, 0.1) is 5.82 Å². The van der Waals surface area contributed by atoms with E-state index >= 15 is 0 Å². The maximum atomic E-state index is 13.2. The van der Waals surface area contributed by atoms with Crippen LogP contribution in [0.1, 0.15) is 32.3 Å². The number of hydrogen-bond donors (Lipinski definition) is 2. The number of nitrogens with one attached hydrogen (secondary N) is 1. The molecule has 1 aliphatic rings. The lowest BCUT2D eigenvalue weighted by atomic mass is 9.94. The van der Waals surface area contributed by atoms with Crippen molar-refractivity contribution < 1.29 is 19.0 Å². The molecular weight excluding hydrogens is 321 g/mol. The van der Waals surface area contributed by atoms with E-state index in [1.54, 1.807) is 6.07 Å². The fourth-order valence-corrected chi connectivity index (χ4v) is 3.02. The summed E-state index contributed by atoms with van der Waals surface area (Å²) in [4.78, 5) is 0. The average Bonchev–Trinajstić information content (AvgIpc) is 2.51. The van der Waals surface area contributed by atoms with Crippen molar-refractivity contribution in [2.75, 3.05) is 26.4 Å². The number of benzene rings is 1. The first-order valence-corrected chi connectivity index (χ1v) is 8.34. The van der Waals surface area contributed by atoms with Crippen LogP contribution in [-0.4, -0.2) is 43.7 Å². The van der Waals surface area contributed by atoms with Crippen molar-refractivity contribution in [1.29, 1.82) is 0 Å². The van der Waals surface area contributed by atoms with Gasteiger partial charge in [-0.15, -0.1) is 0 Å². The predicted molar refractivity (Wildman–Crippen MR) is 88.2 cm³/mol. The van der Waals surface area contributed by atoms with Gasteiger partial charge >= 0.3 is 0 Å². The summed E-state index contributed by atoms with van der Waals surface area (Å²) in [6.07, 6.45) is 1.29. The quantitative estimate of drug-likeness (QED) is 0.798. The van der Waals surface area contributed by atoms with E-state index in [1.165, 1.54) is 12.1 Å². The topological polar surface area (TPSA) is 50.7 Å². The summed E-state index contributed by atoms with van der Waals surface area (Å²) in [5, 5.41) is 13.7. The highest BCUT2D eigenvalue weighted by atomic mass is 35.5. The minimum absolute atomic E-state index is 0.165. The molecule has 1 aromatic carbocycles. The van der Waals surface area contributed by atoms with Gasteiger partial charge in [0.05, 0.1) is 18.8 Å². The maximum absolute atomic E-state index is 13.2. The Morgan fingerprint density at radius 2 is 2.13 bits per heavy atom. The van der Waals surface area contributed by atoms with Crippen LogP contribution in [0.15, 0.2) is 18.2 Å². The Labute approximate surface area is 141 Å². The van der Waals surface area contributed by atoms with Crippen molar-refractivity contribution in [3.05, 3.63) is 34.6 Å². The van der Waals surface area contributed by atoms with Gasteiger partial charge in [0.25, 0.3) is 0 Å². The first-order valence-electron chi connectivity index (χ1n) is 7.96. The molecule has 1 aromatic rings. The summed E-state index contributed by atoms with van der Waals surface area (Å²) in [5.74, 6) is -0.362. The van der Waals surface area contributed by atoms with E-state index in [4.69, 9.17) is 21.1 Å². The van der Waals surface area contributed by atoms with Crippen LogP contribution in [0.5, 0.6) is 0 Å². The van der Waals surface area contributed by atoms with Gasteiger partial charge in [0.2, 0.25) is 0 Å². The minimum atomic E-state index is -0.614. The molecule has 1 unspecified atom stereocenters. The smallest absolute Gasteiger partial charge is 0.124 e. The number of hydrogen-bond acceptors (Lipinski definition) is 4. The first-order chi connectivity index (χ1) is 10.9. The molecule has 0 aliphatic carbocycles. The fourth-order valence-electron chi connectivity index (χ4n) is 2.61. The molecule has 1 heterocycles. The van der Waals surface area contributed by atoms with Gasteiger partial charge in [0.15, 0.2) is 0 Å². The van der Waals surface area contributed by atoms with Crippen LogP contribution in [0.4, 0.5) is 4.39 Å². The number of aliphatic hydroxyl groups excluding tert-OH is 1. The van der Waals surface area contributed by atoms with Crippen LogP contribution < -0.4 is 5.32 Å². The molecule has 6 heteroatoms. The zero-order valence-corrected chi connectivity index (χ0v) is 14.4. The summed E-state index contributed by atoms with van der Waals surface area (Å²) >= 11 is 6.11. The molecule has 1 atom stereocenters. The second-order valence-electron chi connectivity index (χ2n) is 6.43. The molecule has 0 radical (unpaired) electrons. The van der Waals surface area contributed by atoms with Gasteiger partial charge in [-0.3, -0.25) is 0 Å². The molecule has 0 saturated carbocycles. The predicted octanol–water partition coefficient (Wildman–Crippen LogP) is 2.86. The molecule has 2 rings (SSSR count). The zero-order valence-electron chi connectivity index (χ0n) is 13.6. The molecule has 23 heavy (non-hydrogen) atoms. The Balaban J connectivity index is 1.80.